The zero-order valence-electron chi connectivity index (χ0n) is 18.2. The molecule has 4 aromatic rings. The minimum absolute atomic E-state index is 0.0889. The highest BCUT2D eigenvalue weighted by atomic mass is 19.1. The monoisotopic (exact) mass is 459 g/mol. The normalized spacial score (nSPS) is 10.5. The van der Waals surface area contributed by atoms with Crippen LogP contribution in [0.4, 0.5) is 10.1 Å². The van der Waals surface area contributed by atoms with Crippen molar-refractivity contribution in [1.82, 2.24) is 10.5 Å². The third-order valence-corrected chi connectivity index (χ3v) is 4.93. The second-order valence-corrected chi connectivity index (χ2v) is 7.44. The lowest BCUT2D eigenvalue weighted by atomic mass is 10.1. The third kappa shape index (κ3) is 6.29. The van der Waals surface area contributed by atoms with Gasteiger partial charge in [0, 0.05) is 23.9 Å². The van der Waals surface area contributed by atoms with Gasteiger partial charge in [-0.1, -0.05) is 35.5 Å². The molecule has 3 aromatic carbocycles. The van der Waals surface area contributed by atoms with Crippen molar-refractivity contribution in [2.24, 2.45) is 0 Å². The number of anilines is 1. The van der Waals surface area contributed by atoms with Crippen molar-refractivity contribution in [3.63, 3.8) is 0 Å². The molecule has 0 saturated heterocycles. The fourth-order valence-electron chi connectivity index (χ4n) is 3.14. The molecule has 0 aliphatic heterocycles. The molecule has 8 heteroatoms. The summed E-state index contributed by atoms with van der Waals surface area (Å²) in [5.41, 5.74) is 2.24. The number of amides is 2. The average molecular weight is 459 g/mol. The van der Waals surface area contributed by atoms with E-state index in [9.17, 15) is 14.0 Å². The predicted molar refractivity (Wildman–Crippen MR) is 124 cm³/mol. The fraction of sp³-hybridized carbons (Fsp3) is 0.115. The van der Waals surface area contributed by atoms with Crippen LogP contribution in [0.25, 0.3) is 0 Å². The Balaban J connectivity index is 1.23. The van der Waals surface area contributed by atoms with E-state index in [4.69, 9.17) is 9.26 Å². The highest BCUT2D eigenvalue weighted by molar-refractivity contribution is 6.04. The number of ether oxygens (including phenoxy) is 1. The minimum atomic E-state index is -0.402. The zero-order chi connectivity index (χ0) is 23.8. The number of benzene rings is 3. The fourth-order valence-corrected chi connectivity index (χ4v) is 3.14. The quantitative estimate of drug-likeness (QED) is 0.381. The molecule has 0 spiro atoms. The molecule has 4 rings (SSSR count). The number of halogens is 1. The number of hydrogen-bond acceptors (Lipinski definition) is 5. The lowest BCUT2D eigenvalue weighted by Crippen LogP contribution is -2.25. The summed E-state index contributed by atoms with van der Waals surface area (Å²) in [4.78, 5) is 24.4. The van der Waals surface area contributed by atoms with E-state index in [2.05, 4.69) is 15.8 Å². The van der Waals surface area contributed by atoms with Crippen molar-refractivity contribution in [1.29, 1.82) is 0 Å². The Kier molecular flexibility index (Phi) is 7.29. The van der Waals surface area contributed by atoms with Crippen LogP contribution in [0.15, 0.2) is 89.5 Å². The number of rotatable bonds is 9. The average Bonchev–Trinajstić information content (AvgIpc) is 3.34. The summed E-state index contributed by atoms with van der Waals surface area (Å²) in [6, 6.07) is 23.4. The summed E-state index contributed by atoms with van der Waals surface area (Å²) < 4.78 is 23.8. The van der Waals surface area contributed by atoms with Gasteiger partial charge in [-0.25, -0.2) is 4.39 Å². The first-order valence-corrected chi connectivity index (χ1v) is 10.6. The molecule has 7 nitrogen and oxygen atoms in total. The lowest BCUT2D eigenvalue weighted by molar-refractivity contribution is 0.0944. The number of carbonyl (C=O) groups excluding carboxylic acids is 2. The van der Waals surface area contributed by atoms with Crippen molar-refractivity contribution in [3.8, 4) is 5.75 Å². The maximum atomic E-state index is 13.0. The molecule has 0 fully saturated rings. The van der Waals surface area contributed by atoms with Crippen molar-refractivity contribution in [3.05, 3.63) is 113 Å². The lowest BCUT2D eigenvalue weighted by Gasteiger charge is -2.07. The highest BCUT2D eigenvalue weighted by Crippen LogP contribution is 2.18. The topological polar surface area (TPSA) is 93.5 Å². The smallest absolute Gasteiger partial charge is 0.273 e. The van der Waals surface area contributed by atoms with Crippen LogP contribution in [0.3, 0.4) is 0 Å². The first-order valence-electron chi connectivity index (χ1n) is 10.6. The second kappa shape index (κ2) is 10.9. The number of nitrogens with one attached hydrogen (secondary N) is 2. The first-order chi connectivity index (χ1) is 16.6. The van der Waals surface area contributed by atoms with Gasteiger partial charge in [-0.3, -0.25) is 9.59 Å². The van der Waals surface area contributed by atoms with Crippen LogP contribution >= 0.6 is 0 Å². The summed E-state index contributed by atoms with van der Waals surface area (Å²) >= 11 is 0. The largest absolute Gasteiger partial charge is 0.486 e. The Hall–Kier alpha value is -4.46. The zero-order valence-corrected chi connectivity index (χ0v) is 18.2. The van der Waals surface area contributed by atoms with Crippen molar-refractivity contribution in [2.45, 2.75) is 13.0 Å². The molecular formula is C26H22FN3O4. The van der Waals surface area contributed by atoms with E-state index in [1.807, 2.05) is 30.3 Å². The molecule has 34 heavy (non-hydrogen) atoms. The van der Waals surface area contributed by atoms with Crippen molar-refractivity contribution in [2.75, 3.05) is 11.9 Å². The molecule has 1 aromatic heterocycles. The van der Waals surface area contributed by atoms with E-state index < -0.39 is 5.82 Å². The van der Waals surface area contributed by atoms with E-state index in [1.165, 1.54) is 30.3 Å². The van der Waals surface area contributed by atoms with Gasteiger partial charge in [0.25, 0.3) is 11.8 Å². The van der Waals surface area contributed by atoms with Gasteiger partial charge in [-0.15, -0.1) is 0 Å². The Labute approximate surface area is 195 Å². The molecule has 0 atom stereocenters. The van der Waals surface area contributed by atoms with Crippen molar-refractivity contribution < 1.29 is 23.2 Å². The summed E-state index contributed by atoms with van der Waals surface area (Å²) in [6.45, 7) is 0.581. The van der Waals surface area contributed by atoms with Gasteiger partial charge in [0.15, 0.2) is 11.5 Å². The molecule has 0 unspecified atom stereocenters. The molecule has 0 aliphatic carbocycles. The van der Waals surface area contributed by atoms with Gasteiger partial charge in [0.2, 0.25) is 0 Å². The SMILES string of the molecule is O=C(Nc1ccc(OCc2cc(C(=O)NCCc3ccccc3)no2)cc1)c1ccc(F)cc1. The summed E-state index contributed by atoms with van der Waals surface area (Å²) in [6.07, 6.45) is 0.723. The van der Waals surface area contributed by atoms with Crippen LogP contribution in [0.5, 0.6) is 5.75 Å². The maximum Gasteiger partial charge on any atom is 0.273 e. The molecular weight excluding hydrogens is 437 g/mol. The van der Waals surface area contributed by atoms with Crippen LogP contribution in [0.1, 0.15) is 32.2 Å². The standard InChI is InChI=1S/C26H22FN3O4/c27-20-8-6-19(7-9-20)25(31)29-21-10-12-22(13-11-21)33-17-23-16-24(30-34-23)26(32)28-15-14-18-4-2-1-3-5-18/h1-13,16H,14-15,17H2,(H,28,32)(H,29,31). The van der Waals surface area contributed by atoms with E-state index in [0.29, 0.717) is 29.3 Å². The van der Waals surface area contributed by atoms with Crippen molar-refractivity contribution >= 4 is 17.5 Å². The van der Waals surface area contributed by atoms with Crippen LogP contribution < -0.4 is 15.4 Å². The third-order valence-electron chi connectivity index (χ3n) is 4.93. The minimum Gasteiger partial charge on any atom is -0.486 e. The van der Waals surface area contributed by atoms with Gasteiger partial charge >= 0.3 is 0 Å². The summed E-state index contributed by atoms with van der Waals surface area (Å²) in [5, 5.41) is 9.34. The van der Waals surface area contributed by atoms with Crippen LogP contribution in [-0.4, -0.2) is 23.5 Å². The Morgan fingerprint density at radius 2 is 1.65 bits per heavy atom. The first kappa shape index (κ1) is 22.7. The molecule has 0 radical (unpaired) electrons. The van der Waals surface area contributed by atoms with Crippen LogP contribution in [-0.2, 0) is 13.0 Å². The number of hydrogen-bond donors (Lipinski definition) is 2. The van der Waals surface area contributed by atoms with Gasteiger partial charge in [0.1, 0.15) is 18.2 Å². The number of carbonyl (C=O) groups is 2. The van der Waals surface area contributed by atoms with E-state index in [-0.39, 0.29) is 24.1 Å². The van der Waals surface area contributed by atoms with Gasteiger partial charge in [-0.05, 0) is 60.5 Å². The van der Waals surface area contributed by atoms with Crippen LogP contribution in [0.2, 0.25) is 0 Å². The predicted octanol–water partition coefficient (Wildman–Crippen LogP) is 4.62. The van der Waals surface area contributed by atoms with Gasteiger partial charge in [-0.2, -0.15) is 0 Å². The second-order valence-electron chi connectivity index (χ2n) is 7.44. The molecule has 0 saturated carbocycles. The Morgan fingerprint density at radius 3 is 2.38 bits per heavy atom. The van der Waals surface area contributed by atoms with E-state index in [1.54, 1.807) is 24.3 Å². The van der Waals surface area contributed by atoms with Gasteiger partial charge in [0.05, 0.1) is 0 Å². The van der Waals surface area contributed by atoms with E-state index >= 15 is 0 Å². The molecule has 2 N–H and O–H groups in total. The molecule has 2 amide bonds. The summed E-state index contributed by atoms with van der Waals surface area (Å²) in [7, 11) is 0. The van der Waals surface area contributed by atoms with E-state index in [0.717, 1.165) is 12.0 Å². The highest BCUT2D eigenvalue weighted by Gasteiger charge is 2.13. The maximum absolute atomic E-state index is 13.0. The molecule has 172 valence electrons. The Bertz CT molecular complexity index is 1240. The molecule has 1 heterocycles. The summed E-state index contributed by atoms with van der Waals surface area (Å²) in [5.74, 6) is -0.107. The number of nitrogens with zero attached hydrogens (tertiary/aromatic N) is 1. The van der Waals surface area contributed by atoms with Gasteiger partial charge < -0.3 is 19.9 Å². The molecule has 0 bridgehead atoms. The Morgan fingerprint density at radius 1 is 0.912 bits per heavy atom. The van der Waals surface area contributed by atoms with Crippen LogP contribution in [0, 0.1) is 5.82 Å². The molecule has 0 aliphatic rings. The number of aromatic nitrogens is 1.